The highest BCUT2D eigenvalue weighted by Gasteiger charge is 2.05. The first-order chi connectivity index (χ1) is 12.9. The number of hydrogen-bond acceptors (Lipinski definition) is 3. The van der Waals surface area contributed by atoms with Crippen LogP contribution in [0.5, 0.6) is 0 Å². The maximum atomic E-state index is 4.19. The smallest absolute Gasteiger partial charge is 0.0391 e. The molecule has 5 rings (SSSR count). The lowest BCUT2D eigenvalue weighted by Crippen LogP contribution is -1.90. The quantitative estimate of drug-likeness (QED) is 0.383. The van der Waals surface area contributed by atoms with E-state index < -0.39 is 0 Å². The minimum atomic E-state index is 1.08. The van der Waals surface area contributed by atoms with Crippen molar-refractivity contribution < 1.29 is 0 Å². The molecule has 0 aliphatic heterocycles. The van der Waals surface area contributed by atoms with Gasteiger partial charge in [0.1, 0.15) is 0 Å². The van der Waals surface area contributed by atoms with Crippen LogP contribution < -0.4 is 5.32 Å². The van der Waals surface area contributed by atoms with Crippen LogP contribution in [0, 0.1) is 0 Å². The molecule has 0 aliphatic rings. The van der Waals surface area contributed by atoms with Crippen molar-refractivity contribution in [3.05, 3.63) is 91.3 Å². The lowest BCUT2D eigenvalue weighted by atomic mass is 10.1. The zero-order chi connectivity index (χ0) is 17.3. The van der Waals surface area contributed by atoms with Crippen LogP contribution in [0.2, 0.25) is 0 Å². The predicted octanol–water partition coefficient (Wildman–Crippen LogP) is 6.86. The first-order valence-electron chi connectivity index (χ1n) is 8.56. The van der Waals surface area contributed by atoms with Gasteiger partial charge in [0.25, 0.3) is 0 Å². The zero-order valence-electron chi connectivity index (χ0n) is 14.0. The summed E-state index contributed by atoms with van der Waals surface area (Å²) >= 11 is 1.84. The molecule has 0 amide bonds. The van der Waals surface area contributed by atoms with Crippen molar-refractivity contribution in [1.82, 2.24) is 4.98 Å². The molecule has 0 bridgehead atoms. The largest absolute Gasteiger partial charge is 0.356 e. The van der Waals surface area contributed by atoms with Gasteiger partial charge in [0, 0.05) is 43.9 Å². The molecule has 0 saturated carbocycles. The summed E-state index contributed by atoms with van der Waals surface area (Å²) in [5.41, 5.74) is 4.49. The first-order valence-corrected chi connectivity index (χ1v) is 9.37. The fourth-order valence-electron chi connectivity index (χ4n) is 3.25. The number of pyridine rings is 1. The van der Waals surface area contributed by atoms with Crippen LogP contribution >= 0.6 is 11.3 Å². The Balaban J connectivity index is 1.46. The van der Waals surface area contributed by atoms with Gasteiger partial charge in [-0.25, -0.2) is 0 Å². The van der Waals surface area contributed by atoms with Gasteiger partial charge in [0.2, 0.25) is 0 Å². The van der Waals surface area contributed by atoms with Gasteiger partial charge in [0.05, 0.1) is 0 Å². The molecule has 1 N–H and O–H groups in total. The number of hydrogen-bond donors (Lipinski definition) is 1. The van der Waals surface area contributed by atoms with Crippen molar-refractivity contribution in [3.63, 3.8) is 0 Å². The molecule has 0 atom stereocenters. The molecular formula is C23H16N2S. The van der Waals surface area contributed by atoms with Gasteiger partial charge in [-0.15, -0.1) is 11.3 Å². The molecule has 0 radical (unpaired) electrons. The van der Waals surface area contributed by atoms with E-state index in [0.29, 0.717) is 0 Å². The maximum absolute atomic E-state index is 4.19. The van der Waals surface area contributed by atoms with Crippen LogP contribution in [0.3, 0.4) is 0 Å². The molecule has 0 unspecified atom stereocenters. The number of fused-ring (bicyclic) bond motifs is 3. The third-order valence-corrected chi connectivity index (χ3v) is 5.70. The third-order valence-electron chi connectivity index (χ3n) is 4.55. The number of anilines is 2. The molecular weight excluding hydrogens is 336 g/mol. The van der Waals surface area contributed by atoms with Crippen LogP contribution in [-0.2, 0) is 0 Å². The average Bonchev–Trinajstić information content (AvgIpc) is 3.07. The summed E-state index contributed by atoms with van der Waals surface area (Å²) in [5.74, 6) is 0. The molecule has 2 aromatic heterocycles. The highest BCUT2D eigenvalue weighted by atomic mass is 32.1. The monoisotopic (exact) mass is 352 g/mol. The Kier molecular flexibility index (Phi) is 3.65. The van der Waals surface area contributed by atoms with Crippen molar-refractivity contribution in [1.29, 1.82) is 0 Å². The minimum Gasteiger partial charge on any atom is -0.356 e. The van der Waals surface area contributed by atoms with E-state index >= 15 is 0 Å². The number of nitrogens with one attached hydrogen (secondary N) is 1. The van der Waals surface area contributed by atoms with Gasteiger partial charge in [-0.05, 0) is 53.6 Å². The summed E-state index contributed by atoms with van der Waals surface area (Å²) in [7, 11) is 0. The van der Waals surface area contributed by atoms with E-state index in [0.717, 1.165) is 16.9 Å². The standard InChI is InChI=1S/C23H16N2S/c1-2-6-22-20(5-1)21-14-19(11-12-23(21)26-22)25-18-9-7-16(8-10-18)17-4-3-13-24-15-17/h1-15,25H. The molecule has 3 aromatic carbocycles. The molecule has 0 spiro atoms. The van der Waals surface area contributed by atoms with Crippen LogP contribution in [0.1, 0.15) is 0 Å². The Morgan fingerprint density at radius 2 is 1.46 bits per heavy atom. The highest BCUT2D eigenvalue weighted by molar-refractivity contribution is 7.25. The lowest BCUT2D eigenvalue weighted by molar-refractivity contribution is 1.33. The molecule has 26 heavy (non-hydrogen) atoms. The van der Waals surface area contributed by atoms with E-state index in [-0.39, 0.29) is 0 Å². The zero-order valence-corrected chi connectivity index (χ0v) is 14.8. The van der Waals surface area contributed by atoms with E-state index in [2.05, 4.69) is 83.1 Å². The summed E-state index contributed by atoms with van der Waals surface area (Å²) in [6.45, 7) is 0. The van der Waals surface area contributed by atoms with Crippen LogP contribution in [-0.4, -0.2) is 4.98 Å². The van der Waals surface area contributed by atoms with Gasteiger partial charge in [0.15, 0.2) is 0 Å². The first kappa shape index (κ1) is 15.1. The van der Waals surface area contributed by atoms with Crippen molar-refractivity contribution in [2.45, 2.75) is 0 Å². The molecule has 0 fully saturated rings. The van der Waals surface area contributed by atoms with Crippen molar-refractivity contribution in [2.75, 3.05) is 5.32 Å². The van der Waals surface area contributed by atoms with Crippen LogP contribution in [0.25, 0.3) is 31.3 Å². The molecule has 124 valence electrons. The van der Waals surface area contributed by atoms with E-state index in [1.807, 2.05) is 23.6 Å². The summed E-state index contributed by atoms with van der Waals surface area (Å²) in [6, 6.07) is 27.7. The normalized spacial score (nSPS) is 11.1. The second kappa shape index (κ2) is 6.28. The Morgan fingerprint density at radius 1 is 0.654 bits per heavy atom. The number of thiophene rings is 1. The van der Waals surface area contributed by atoms with Crippen molar-refractivity contribution >= 4 is 42.9 Å². The molecule has 2 heterocycles. The second-order valence-corrected chi connectivity index (χ2v) is 7.34. The van der Waals surface area contributed by atoms with E-state index in [1.165, 1.54) is 25.7 Å². The van der Waals surface area contributed by atoms with Crippen molar-refractivity contribution in [3.8, 4) is 11.1 Å². The predicted molar refractivity (Wildman–Crippen MR) is 112 cm³/mol. The molecule has 3 heteroatoms. The van der Waals surface area contributed by atoms with Gasteiger partial charge in [-0.2, -0.15) is 0 Å². The fraction of sp³-hybridized carbons (Fsp3) is 0. The minimum absolute atomic E-state index is 1.08. The van der Waals surface area contributed by atoms with E-state index in [1.54, 1.807) is 6.20 Å². The van der Waals surface area contributed by atoms with Gasteiger partial charge >= 0.3 is 0 Å². The van der Waals surface area contributed by atoms with Gasteiger partial charge < -0.3 is 5.32 Å². The number of aromatic nitrogens is 1. The topological polar surface area (TPSA) is 24.9 Å². The molecule has 5 aromatic rings. The number of nitrogens with zero attached hydrogens (tertiary/aromatic N) is 1. The lowest BCUT2D eigenvalue weighted by Gasteiger charge is -2.08. The molecule has 0 saturated heterocycles. The van der Waals surface area contributed by atoms with Gasteiger partial charge in [-0.1, -0.05) is 36.4 Å². The second-order valence-electron chi connectivity index (χ2n) is 6.25. The summed E-state index contributed by atoms with van der Waals surface area (Å²) in [6.07, 6.45) is 3.68. The Labute approximate surface area is 155 Å². The Hall–Kier alpha value is -3.17. The SMILES string of the molecule is c1cncc(-c2ccc(Nc3ccc4sc5ccccc5c4c3)cc2)c1. The maximum Gasteiger partial charge on any atom is 0.0391 e. The van der Waals surface area contributed by atoms with Gasteiger partial charge in [-0.3, -0.25) is 4.98 Å². The van der Waals surface area contributed by atoms with Crippen LogP contribution in [0.15, 0.2) is 91.3 Å². The summed E-state index contributed by atoms with van der Waals surface area (Å²) < 4.78 is 2.66. The molecule has 2 nitrogen and oxygen atoms in total. The third kappa shape index (κ3) is 2.72. The average molecular weight is 352 g/mol. The number of rotatable bonds is 3. The highest BCUT2D eigenvalue weighted by Crippen LogP contribution is 2.35. The Bertz CT molecular complexity index is 1190. The molecule has 0 aliphatic carbocycles. The van der Waals surface area contributed by atoms with E-state index in [4.69, 9.17) is 0 Å². The van der Waals surface area contributed by atoms with E-state index in [9.17, 15) is 0 Å². The summed E-state index contributed by atoms with van der Waals surface area (Å²) in [5, 5.41) is 6.15. The fourth-order valence-corrected chi connectivity index (χ4v) is 4.34. The number of benzene rings is 3. The summed E-state index contributed by atoms with van der Waals surface area (Å²) in [4.78, 5) is 4.19. The Morgan fingerprint density at radius 3 is 2.31 bits per heavy atom. The van der Waals surface area contributed by atoms with Crippen LogP contribution in [0.4, 0.5) is 11.4 Å². The van der Waals surface area contributed by atoms with Crippen molar-refractivity contribution in [2.24, 2.45) is 0 Å².